The van der Waals surface area contributed by atoms with Crippen LogP contribution in [-0.2, 0) is 10.0 Å². The van der Waals surface area contributed by atoms with Gasteiger partial charge in [0, 0.05) is 19.6 Å². The van der Waals surface area contributed by atoms with E-state index in [-0.39, 0.29) is 11.7 Å². The smallest absolute Gasteiger partial charge is 0.224 e. The number of hydrogen-bond acceptors (Lipinski definition) is 7. The average Bonchev–Trinajstić information content (AvgIpc) is 2.96. The zero-order chi connectivity index (χ0) is 14.2. The highest BCUT2D eigenvalue weighted by Gasteiger charge is 2.27. The Balaban J connectivity index is 1.70. The molecule has 0 radical (unpaired) electrons. The Morgan fingerprint density at radius 1 is 1.45 bits per heavy atom. The van der Waals surface area contributed by atoms with Gasteiger partial charge in [0.15, 0.2) is 11.5 Å². The van der Waals surface area contributed by atoms with Crippen LogP contribution < -0.4 is 11.1 Å². The Hall–Kier alpha value is -1.94. The summed E-state index contributed by atoms with van der Waals surface area (Å²) < 4.78 is 24.8. The molecular formula is C10H15N7O2S. The molecule has 0 aliphatic carbocycles. The Morgan fingerprint density at radius 2 is 2.30 bits per heavy atom. The molecule has 1 saturated heterocycles. The van der Waals surface area contributed by atoms with Crippen molar-refractivity contribution >= 4 is 33.0 Å². The highest BCUT2D eigenvalue weighted by Crippen LogP contribution is 2.17. The highest BCUT2D eigenvalue weighted by atomic mass is 32.2. The zero-order valence-corrected chi connectivity index (χ0v) is 11.5. The Labute approximate surface area is 115 Å². The van der Waals surface area contributed by atoms with Gasteiger partial charge >= 0.3 is 0 Å². The third-order valence-electron chi connectivity index (χ3n) is 3.16. The summed E-state index contributed by atoms with van der Waals surface area (Å²) in [6.45, 7) is 1.43. The molecule has 2 aromatic heterocycles. The fourth-order valence-corrected chi connectivity index (χ4v) is 3.75. The van der Waals surface area contributed by atoms with Crippen molar-refractivity contribution in [3.05, 3.63) is 6.33 Å². The minimum atomic E-state index is -3.07. The summed E-state index contributed by atoms with van der Waals surface area (Å²) in [7, 11) is -3.07. The van der Waals surface area contributed by atoms with Gasteiger partial charge in [-0.1, -0.05) is 0 Å². The summed E-state index contributed by atoms with van der Waals surface area (Å²) in [4.78, 5) is 15.0. The van der Waals surface area contributed by atoms with Gasteiger partial charge in [0.1, 0.15) is 5.52 Å². The van der Waals surface area contributed by atoms with Crippen molar-refractivity contribution in [2.24, 2.45) is 0 Å². The number of rotatable bonds is 4. The van der Waals surface area contributed by atoms with E-state index in [0.717, 1.165) is 0 Å². The maximum atomic E-state index is 11.7. The second kappa shape index (κ2) is 4.87. The molecule has 4 N–H and O–H groups in total. The molecule has 3 heterocycles. The van der Waals surface area contributed by atoms with E-state index in [1.807, 2.05) is 0 Å². The van der Waals surface area contributed by atoms with Crippen molar-refractivity contribution < 1.29 is 8.42 Å². The second-order valence-electron chi connectivity index (χ2n) is 4.53. The van der Waals surface area contributed by atoms with E-state index in [0.29, 0.717) is 43.0 Å². The van der Waals surface area contributed by atoms with Crippen LogP contribution in [0, 0.1) is 0 Å². The fraction of sp³-hybridized carbons (Fsp3) is 0.500. The lowest BCUT2D eigenvalue weighted by Gasteiger charge is -2.14. The van der Waals surface area contributed by atoms with E-state index in [4.69, 9.17) is 5.73 Å². The lowest BCUT2D eigenvalue weighted by atomic mass is 10.4. The van der Waals surface area contributed by atoms with E-state index in [9.17, 15) is 8.42 Å². The number of H-pyrrole nitrogens is 1. The van der Waals surface area contributed by atoms with Gasteiger partial charge in [-0.05, 0) is 6.42 Å². The minimum Gasteiger partial charge on any atom is -0.368 e. The molecule has 2 aromatic rings. The van der Waals surface area contributed by atoms with E-state index in [1.165, 1.54) is 10.6 Å². The molecule has 0 saturated carbocycles. The van der Waals surface area contributed by atoms with Crippen LogP contribution in [0.15, 0.2) is 6.33 Å². The van der Waals surface area contributed by atoms with E-state index >= 15 is 0 Å². The Kier molecular flexibility index (Phi) is 3.18. The molecule has 108 valence electrons. The molecule has 10 heteroatoms. The monoisotopic (exact) mass is 297 g/mol. The normalized spacial score (nSPS) is 18.6. The number of fused-ring (bicyclic) bond motifs is 1. The van der Waals surface area contributed by atoms with Gasteiger partial charge in [0.25, 0.3) is 0 Å². The summed E-state index contributed by atoms with van der Waals surface area (Å²) in [5.41, 5.74) is 6.73. The van der Waals surface area contributed by atoms with Gasteiger partial charge in [-0.2, -0.15) is 9.97 Å². The van der Waals surface area contributed by atoms with E-state index < -0.39 is 10.0 Å². The molecule has 0 unspecified atom stereocenters. The van der Waals surface area contributed by atoms with Crippen molar-refractivity contribution in [1.29, 1.82) is 0 Å². The van der Waals surface area contributed by atoms with Gasteiger partial charge in [-0.3, -0.25) is 0 Å². The summed E-state index contributed by atoms with van der Waals surface area (Å²) >= 11 is 0. The molecule has 20 heavy (non-hydrogen) atoms. The molecule has 1 aliphatic heterocycles. The molecule has 1 fully saturated rings. The Bertz CT molecular complexity index is 726. The predicted molar refractivity (Wildman–Crippen MR) is 74.6 cm³/mol. The minimum absolute atomic E-state index is 0.126. The topological polar surface area (TPSA) is 130 Å². The number of imidazole rings is 1. The van der Waals surface area contributed by atoms with Crippen molar-refractivity contribution in [2.75, 3.05) is 36.4 Å². The average molecular weight is 297 g/mol. The van der Waals surface area contributed by atoms with E-state index in [2.05, 4.69) is 25.3 Å². The van der Waals surface area contributed by atoms with Crippen molar-refractivity contribution in [3.8, 4) is 0 Å². The third-order valence-corrected chi connectivity index (χ3v) is 5.12. The van der Waals surface area contributed by atoms with Gasteiger partial charge in [-0.25, -0.2) is 17.7 Å². The molecule has 0 amide bonds. The summed E-state index contributed by atoms with van der Waals surface area (Å²) in [5, 5.41) is 3.07. The molecule has 3 rings (SSSR count). The van der Waals surface area contributed by atoms with Crippen LogP contribution in [0.4, 0.5) is 11.8 Å². The predicted octanol–water partition coefficient (Wildman–Crippen LogP) is -0.618. The number of nitrogens with two attached hydrogens (primary N) is 1. The number of aromatic amines is 1. The molecule has 1 aliphatic rings. The first-order valence-electron chi connectivity index (χ1n) is 6.24. The number of sulfonamides is 1. The summed E-state index contributed by atoms with van der Waals surface area (Å²) in [5.74, 6) is 0.889. The van der Waals surface area contributed by atoms with Crippen molar-refractivity contribution in [2.45, 2.75) is 6.42 Å². The summed E-state index contributed by atoms with van der Waals surface area (Å²) in [6.07, 6.45) is 2.20. The first kappa shape index (κ1) is 13.1. The van der Waals surface area contributed by atoms with Gasteiger partial charge < -0.3 is 16.0 Å². The van der Waals surface area contributed by atoms with E-state index in [1.54, 1.807) is 0 Å². The largest absolute Gasteiger partial charge is 0.368 e. The number of nitrogen functional groups attached to an aromatic ring is 1. The van der Waals surface area contributed by atoms with Crippen molar-refractivity contribution in [3.63, 3.8) is 0 Å². The Morgan fingerprint density at radius 3 is 3.05 bits per heavy atom. The number of anilines is 2. The molecule has 0 aromatic carbocycles. The maximum absolute atomic E-state index is 11.7. The van der Waals surface area contributed by atoms with Crippen LogP contribution in [0.2, 0.25) is 0 Å². The molecule has 0 bridgehead atoms. The van der Waals surface area contributed by atoms with Gasteiger partial charge in [0.05, 0.1) is 12.1 Å². The third kappa shape index (κ3) is 2.39. The number of hydrogen-bond donors (Lipinski definition) is 3. The van der Waals surface area contributed by atoms with Gasteiger partial charge in [-0.15, -0.1) is 0 Å². The molecular weight excluding hydrogens is 282 g/mol. The van der Waals surface area contributed by atoms with Crippen LogP contribution in [0.1, 0.15) is 6.42 Å². The SMILES string of the molecule is Nc1nc(NCCN2CCCS2(=O)=O)c2[nH]cnc2n1. The van der Waals surface area contributed by atoms with Crippen LogP contribution in [-0.4, -0.2) is 58.0 Å². The van der Waals surface area contributed by atoms with Crippen LogP contribution in [0.5, 0.6) is 0 Å². The first-order chi connectivity index (χ1) is 9.56. The van der Waals surface area contributed by atoms with Crippen LogP contribution in [0.25, 0.3) is 11.2 Å². The number of aromatic nitrogens is 4. The highest BCUT2D eigenvalue weighted by molar-refractivity contribution is 7.89. The lowest BCUT2D eigenvalue weighted by Crippen LogP contribution is -2.30. The standard InChI is InChI=1S/C10H15N7O2S/c11-10-15-8(7-9(16-10)14-6-13-7)12-2-4-17-3-1-5-20(17,18)19/h6H,1-5H2,(H4,11,12,13,14,15,16). The molecule has 9 nitrogen and oxygen atoms in total. The van der Waals surface area contributed by atoms with Crippen LogP contribution >= 0.6 is 0 Å². The fourth-order valence-electron chi connectivity index (χ4n) is 2.22. The first-order valence-corrected chi connectivity index (χ1v) is 7.85. The quantitative estimate of drug-likeness (QED) is 0.685. The number of nitrogens with zero attached hydrogens (tertiary/aromatic N) is 4. The zero-order valence-electron chi connectivity index (χ0n) is 10.7. The lowest BCUT2D eigenvalue weighted by molar-refractivity contribution is 0.456. The number of nitrogens with one attached hydrogen (secondary N) is 2. The maximum Gasteiger partial charge on any atom is 0.224 e. The summed E-state index contributed by atoms with van der Waals surface area (Å²) in [6, 6.07) is 0. The molecule has 0 atom stereocenters. The second-order valence-corrected chi connectivity index (χ2v) is 6.62. The van der Waals surface area contributed by atoms with Gasteiger partial charge in [0.2, 0.25) is 16.0 Å². The molecule has 0 spiro atoms. The van der Waals surface area contributed by atoms with Crippen LogP contribution in [0.3, 0.4) is 0 Å². The van der Waals surface area contributed by atoms with Crippen molar-refractivity contribution in [1.82, 2.24) is 24.2 Å².